The highest BCUT2D eigenvalue weighted by Gasteiger charge is 2.16. The van der Waals surface area contributed by atoms with Crippen LogP contribution in [0, 0.1) is 19.8 Å². The fourth-order valence-electron chi connectivity index (χ4n) is 2.85. The fourth-order valence-corrected chi connectivity index (χ4v) is 3.64. The maximum Gasteiger partial charge on any atom is 0.136 e. The number of rotatable bonds is 4. The van der Waals surface area contributed by atoms with Crippen molar-refractivity contribution in [1.29, 1.82) is 0 Å². The van der Waals surface area contributed by atoms with Gasteiger partial charge >= 0.3 is 0 Å². The van der Waals surface area contributed by atoms with Crippen molar-refractivity contribution in [3.63, 3.8) is 0 Å². The third-order valence-electron chi connectivity index (χ3n) is 3.77. The lowest BCUT2D eigenvalue weighted by Gasteiger charge is -2.30. The highest BCUT2D eigenvalue weighted by molar-refractivity contribution is 9.10. The molecule has 0 unspecified atom stereocenters. The minimum absolute atomic E-state index is 0.773. The zero-order chi connectivity index (χ0) is 13.8. The number of likely N-dealkylation sites (tertiary alicyclic amines) is 1. The summed E-state index contributed by atoms with van der Waals surface area (Å²) in [4.78, 5) is 2.52. The minimum atomic E-state index is 0.773. The molecule has 0 aromatic heterocycles. The molecule has 106 valence electrons. The molecule has 0 bridgehead atoms. The number of ether oxygens (including phenoxy) is 1. The summed E-state index contributed by atoms with van der Waals surface area (Å²) in [6.45, 7) is 10.8. The lowest BCUT2D eigenvalue weighted by Crippen LogP contribution is -2.37. The van der Waals surface area contributed by atoms with Crippen molar-refractivity contribution in [3.8, 4) is 5.75 Å². The first-order valence-corrected chi connectivity index (χ1v) is 7.97. The number of benzene rings is 1. The first-order valence-electron chi connectivity index (χ1n) is 7.18. The minimum Gasteiger partial charge on any atom is -0.491 e. The lowest BCUT2D eigenvalue weighted by atomic mass is 10.0. The first-order chi connectivity index (χ1) is 9.06. The van der Waals surface area contributed by atoms with E-state index in [-0.39, 0.29) is 0 Å². The molecule has 1 aliphatic heterocycles. The van der Waals surface area contributed by atoms with Crippen LogP contribution in [0.1, 0.15) is 30.9 Å². The van der Waals surface area contributed by atoms with Gasteiger partial charge in [-0.05, 0) is 72.3 Å². The molecule has 1 atom stereocenters. The van der Waals surface area contributed by atoms with Gasteiger partial charge in [0.2, 0.25) is 0 Å². The van der Waals surface area contributed by atoms with Crippen molar-refractivity contribution in [1.82, 2.24) is 4.90 Å². The predicted molar refractivity (Wildman–Crippen MR) is 83.9 cm³/mol. The molecule has 1 saturated heterocycles. The number of hydrogen-bond acceptors (Lipinski definition) is 2. The SMILES string of the molecule is Cc1cc(C)c(OCCN2CCC[C@@H](C)C2)c(Br)c1. The summed E-state index contributed by atoms with van der Waals surface area (Å²) in [5.41, 5.74) is 2.47. The van der Waals surface area contributed by atoms with Crippen molar-refractivity contribution < 1.29 is 4.74 Å². The Kier molecular flexibility index (Phi) is 5.28. The zero-order valence-corrected chi connectivity index (χ0v) is 13.8. The van der Waals surface area contributed by atoms with Gasteiger partial charge in [0.15, 0.2) is 0 Å². The number of piperidine rings is 1. The van der Waals surface area contributed by atoms with E-state index < -0.39 is 0 Å². The van der Waals surface area contributed by atoms with Crippen LogP contribution in [0.5, 0.6) is 5.75 Å². The number of hydrogen-bond donors (Lipinski definition) is 0. The quantitative estimate of drug-likeness (QED) is 0.823. The van der Waals surface area contributed by atoms with Crippen LogP contribution in [0.4, 0.5) is 0 Å². The molecule has 0 spiro atoms. The molecule has 0 N–H and O–H groups in total. The van der Waals surface area contributed by atoms with Crippen LogP contribution < -0.4 is 4.74 Å². The van der Waals surface area contributed by atoms with Gasteiger partial charge in [-0.15, -0.1) is 0 Å². The monoisotopic (exact) mass is 325 g/mol. The van der Waals surface area contributed by atoms with Gasteiger partial charge in [0.1, 0.15) is 12.4 Å². The average molecular weight is 326 g/mol. The standard InChI is InChI=1S/C16H24BrNO/c1-12-5-4-6-18(11-12)7-8-19-16-14(3)9-13(2)10-15(16)17/h9-10,12H,4-8,11H2,1-3H3/t12-/m1/s1. The Bertz CT molecular complexity index is 410. The zero-order valence-electron chi connectivity index (χ0n) is 12.2. The van der Waals surface area contributed by atoms with Crippen LogP contribution in [0.15, 0.2) is 16.6 Å². The second kappa shape index (κ2) is 6.76. The number of nitrogens with zero attached hydrogens (tertiary/aromatic N) is 1. The molecule has 2 rings (SSSR count). The van der Waals surface area contributed by atoms with Crippen LogP contribution in [0.25, 0.3) is 0 Å². The van der Waals surface area contributed by atoms with Crippen LogP contribution in [-0.4, -0.2) is 31.1 Å². The van der Waals surface area contributed by atoms with E-state index in [4.69, 9.17) is 4.74 Å². The summed E-state index contributed by atoms with van der Waals surface area (Å²) in [5.74, 6) is 1.83. The van der Waals surface area contributed by atoms with Gasteiger partial charge < -0.3 is 4.74 Å². The molecule has 1 aromatic carbocycles. The molecule has 1 aromatic rings. The smallest absolute Gasteiger partial charge is 0.136 e. The summed E-state index contributed by atoms with van der Waals surface area (Å²) in [6, 6.07) is 4.29. The molecule has 3 heteroatoms. The van der Waals surface area contributed by atoms with E-state index in [0.717, 1.165) is 29.3 Å². The third kappa shape index (κ3) is 4.22. The largest absolute Gasteiger partial charge is 0.491 e. The molecule has 0 aliphatic carbocycles. The van der Waals surface area contributed by atoms with E-state index in [0.29, 0.717) is 0 Å². The van der Waals surface area contributed by atoms with Gasteiger partial charge in [-0.1, -0.05) is 13.0 Å². The molecule has 0 amide bonds. The van der Waals surface area contributed by atoms with E-state index in [1.807, 2.05) is 0 Å². The summed E-state index contributed by atoms with van der Waals surface area (Å²) >= 11 is 3.60. The highest BCUT2D eigenvalue weighted by Crippen LogP contribution is 2.30. The van der Waals surface area contributed by atoms with Crippen molar-refractivity contribution in [2.45, 2.75) is 33.6 Å². The van der Waals surface area contributed by atoms with Gasteiger partial charge in [-0.3, -0.25) is 4.90 Å². The van der Waals surface area contributed by atoms with E-state index in [1.165, 1.54) is 37.1 Å². The summed E-state index contributed by atoms with van der Waals surface area (Å²) in [5, 5.41) is 0. The van der Waals surface area contributed by atoms with Crippen LogP contribution in [-0.2, 0) is 0 Å². The Morgan fingerprint density at radius 1 is 1.37 bits per heavy atom. The van der Waals surface area contributed by atoms with E-state index in [1.54, 1.807) is 0 Å². The van der Waals surface area contributed by atoms with Crippen molar-refractivity contribution in [3.05, 3.63) is 27.7 Å². The average Bonchev–Trinajstić information content (AvgIpc) is 2.32. The predicted octanol–water partition coefficient (Wildman–Crippen LogP) is 4.18. The second-order valence-electron chi connectivity index (χ2n) is 5.79. The van der Waals surface area contributed by atoms with Gasteiger partial charge in [-0.25, -0.2) is 0 Å². The molecule has 1 fully saturated rings. The normalized spacial score (nSPS) is 20.5. The molecule has 0 saturated carbocycles. The maximum absolute atomic E-state index is 5.97. The molecule has 1 heterocycles. The van der Waals surface area contributed by atoms with Crippen molar-refractivity contribution in [2.24, 2.45) is 5.92 Å². The molecular formula is C16H24BrNO. The second-order valence-corrected chi connectivity index (χ2v) is 6.64. The highest BCUT2D eigenvalue weighted by atomic mass is 79.9. The lowest BCUT2D eigenvalue weighted by molar-refractivity contribution is 0.153. The number of aryl methyl sites for hydroxylation is 2. The third-order valence-corrected chi connectivity index (χ3v) is 4.36. The topological polar surface area (TPSA) is 12.5 Å². The van der Waals surface area contributed by atoms with Crippen molar-refractivity contribution in [2.75, 3.05) is 26.2 Å². The molecule has 2 nitrogen and oxygen atoms in total. The van der Waals surface area contributed by atoms with Gasteiger partial charge in [0, 0.05) is 13.1 Å². The summed E-state index contributed by atoms with van der Waals surface area (Å²) in [6.07, 6.45) is 2.70. The molecular weight excluding hydrogens is 302 g/mol. The fraction of sp³-hybridized carbons (Fsp3) is 0.625. The Hall–Kier alpha value is -0.540. The van der Waals surface area contributed by atoms with Gasteiger partial charge in [-0.2, -0.15) is 0 Å². The van der Waals surface area contributed by atoms with Crippen molar-refractivity contribution >= 4 is 15.9 Å². The Balaban J connectivity index is 1.85. The molecule has 1 aliphatic rings. The van der Waals surface area contributed by atoms with Crippen LogP contribution in [0.3, 0.4) is 0 Å². The molecule has 19 heavy (non-hydrogen) atoms. The Morgan fingerprint density at radius 3 is 2.84 bits per heavy atom. The van der Waals surface area contributed by atoms with Crippen LogP contribution in [0.2, 0.25) is 0 Å². The van der Waals surface area contributed by atoms with Gasteiger partial charge in [0.05, 0.1) is 4.47 Å². The summed E-state index contributed by atoms with van der Waals surface area (Å²) in [7, 11) is 0. The summed E-state index contributed by atoms with van der Waals surface area (Å²) < 4.78 is 7.04. The number of halogens is 1. The Morgan fingerprint density at radius 2 is 2.16 bits per heavy atom. The van der Waals surface area contributed by atoms with Gasteiger partial charge in [0.25, 0.3) is 0 Å². The Labute approximate surface area is 125 Å². The molecule has 0 radical (unpaired) electrons. The van der Waals surface area contributed by atoms with E-state index in [9.17, 15) is 0 Å². The van der Waals surface area contributed by atoms with E-state index >= 15 is 0 Å². The van der Waals surface area contributed by atoms with E-state index in [2.05, 4.69) is 53.7 Å². The first kappa shape index (κ1) is 14.9. The van der Waals surface area contributed by atoms with Crippen LogP contribution >= 0.6 is 15.9 Å². The maximum atomic E-state index is 5.97.